The summed E-state index contributed by atoms with van der Waals surface area (Å²) in [6, 6.07) is 0. The number of aryl methyl sites for hydroxylation is 1. The van der Waals surface area contributed by atoms with Crippen LogP contribution in [0.4, 0.5) is 0 Å². The highest BCUT2D eigenvalue weighted by atomic mass is 79.9. The van der Waals surface area contributed by atoms with Crippen LogP contribution >= 0.6 is 27.5 Å². The van der Waals surface area contributed by atoms with Crippen LogP contribution in [-0.2, 0) is 0 Å². The second-order valence-corrected chi connectivity index (χ2v) is 3.42. The van der Waals surface area contributed by atoms with E-state index in [0.29, 0.717) is 15.4 Å². The summed E-state index contributed by atoms with van der Waals surface area (Å²) < 4.78 is 2.37. The molecule has 2 aromatic rings. The number of hydrogen-bond donors (Lipinski definition) is 0. The number of hydrogen-bond acceptors (Lipinski definition) is 3. The summed E-state index contributed by atoms with van der Waals surface area (Å²) in [4.78, 5) is 3.98. The summed E-state index contributed by atoms with van der Waals surface area (Å²) in [5.41, 5.74) is 0.639. The van der Waals surface area contributed by atoms with E-state index in [0.717, 1.165) is 5.82 Å². The molecule has 0 radical (unpaired) electrons. The smallest absolute Gasteiger partial charge is 0.195 e. The maximum Gasteiger partial charge on any atom is 0.195 e. The molecule has 0 N–H and O–H groups in total. The predicted octanol–water partition coefficient (Wildman–Crippen LogP) is 1.85. The molecule has 0 fully saturated rings. The Morgan fingerprint density at radius 1 is 1.50 bits per heavy atom. The third-order valence-corrected chi connectivity index (χ3v) is 2.33. The van der Waals surface area contributed by atoms with Crippen LogP contribution in [0, 0.1) is 6.92 Å². The van der Waals surface area contributed by atoms with Gasteiger partial charge in [-0.1, -0.05) is 11.6 Å². The SMILES string of the molecule is Cc1nnc2c(Br)ncc(Cl)n12. The molecule has 0 unspecified atom stereocenters. The van der Waals surface area contributed by atoms with Crippen LogP contribution in [0.5, 0.6) is 0 Å². The van der Waals surface area contributed by atoms with E-state index in [1.54, 1.807) is 10.6 Å². The molecule has 0 bridgehead atoms. The van der Waals surface area contributed by atoms with Gasteiger partial charge in [0.15, 0.2) is 10.3 Å². The largest absolute Gasteiger partial charge is 0.266 e. The van der Waals surface area contributed by atoms with Crippen LogP contribution in [0.3, 0.4) is 0 Å². The Morgan fingerprint density at radius 2 is 2.25 bits per heavy atom. The van der Waals surface area contributed by atoms with Gasteiger partial charge in [0.05, 0.1) is 6.20 Å². The highest BCUT2D eigenvalue weighted by Gasteiger charge is 2.08. The first-order valence-corrected chi connectivity index (χ1v) is 4.39. The second-order valence-electron chi connectivity index (χ2n) is 2.28. The average Bonchev–Trinajstić information content (AvgIpc) is 2.42. The van der Waals surface area contributed by atoms with Gasteiger partial charge in [-0.25, -0.2) is 4.98 Å². The first-order chi connectivity index (χ1) is 5.70. The Balaban J connectivity index is 2.98. The number of aromatic nitrogens is 4. The molecular formula is C6H4BrClN4. The van der Waals surface area contributed by atoms with Crippen molar-refractivity contribution in [3.05, 3.63) is 21.8 Å². The summed E-state index contributed by atoms with van der Waals surface area (Å²) in [5.74, 6) is 0.748. The van der Waals surface area contributed by atoms with E-state index in [-0.39, 0.29) is 0 Å². The van der Waals surface area contributed by atoms with Gasteiger partial charge in [-0.2, -0.15) is 0 Å². The lowest BCUT2D eigenvalue weighted by Crippen LogP contribution is -1.92. The maximum atomic E-state index is 5.88. The average molecular weight is 247 g/mol. The molecule has 6 heteroatoms. The van der Waals surface area contributed by atoms with Crippen LogP contribution in [0.25, 0.3) is 5.65 Å². The van der Waals surface area contributed by atoms with Crippen molar-refractivity contribution in [3.63, 3.8) is 0 Å². The Hall–Kier alpha value is -0.680. The van der Waals surface area contributed by atoms with Crippen molar-refractivity contribution < 1.29 is 0 Å². The van der Waals surface area contributed by atoms with Crippen LogP contribution < -0.4 is 0 Å². The first kappa shape index (κ1) is 7.94. The van der Waals surface area contributed by atoms with E-state index in [1.165, 1.54) is 0 Å². The minimum atomic E-state index is 0.510. The molecule has 12 heavy (non-hydrogen) atoms. The first-order valence-electron chi connectivity index (χ1n) is 3.22. The van der Waals surface area contributed by atoms with Gasteiger partial charge in [0.1, 0.15) is 11.0 Å². The molecule has 2 rings (SSSR count). The zero-order chi connectivity index (χ0) is 8.72. The molecule has 0 amide bonds. The Kier molecular flexibility index (Phi) is 1.77. The van der Waals surface area contributed by atoms with Crippen LogP contribution in [0.1, 0.15) is 5.82 Å². The quantitative estimate of drug-likeness (QED) is 0.713. The molecule has 4 nitrogen and oxygen atoms in total. The standard InChI is InChI=1S/C6H4BrClN4/c1-3-10-11-6-5(7)9-2-4(8)12(3)6/h2H,1H3. The molecule has 0 saturated carbocycles. The van der Waals surface area contributed by atoms with Gasteiger partial charge >= 0.3 is 0 Å². The molecule has 0 saturated heterocycles. The third-order valence-electron chi connectivity index (χ3n) is 1.51. The highest BCUT2D eigenvalue weighted by Crippen LogP contribution is 2.18. The van der Waals surface area contributed by atoms with Crippen molar-refractivity contribution in [2.75, 3.05) is 0 Å². The van der Waals surface area contributed by atoms with E-state index in [2.05, 4.69) is 31.1 Å². The minimum Gasteiger partial charge on any atom is -0.266 e. The molecule has 2 heterocycles. The van der Waals surface area contributed by atoms with Crippen molar-refractivity contribution >= 4 is 33.2 Å². The second kappa shape index (κ2) is 2.67. The number of rotatable bonds is 0. The van der Waals surface area contributed by atoms with Gasteiger partial charge in [-0.05, 0) is 22.9 Å². The maximum absolute atomic E-state index is 5.88. The summed E-state index contributed by atoms with van der Waals surface area (Å²) in [6.45, 7) is 1.83. The van der Waals surface area contributed by atoms with Gasteiger partial charge in [0, 0.05) is 0 Å². The van der Waals surface area contributed by atoms with E-state index in [9.17, 15) is 0 Å². The molecule has 0 aromatic carbocycles. The summed E-state index contributed by atoms with van der Waals surface area (Å²) in [5, 5.41) is 8.28. The molecule has 0 spiro atoms. The van der Waals surface area contributed by atoms with Gasteiger partial charge in [-0.3, -0.25) is 4.40 Å². The minimum absolute atomic E-state index is 0.510. The molecule has 0 aliphatic rings. The summed E-state index contributed by atoms with van der Waals surface area (Å²) >= 11 is 9.13. The van der Waals surface area contributed by atoms with E-state index < -0.39 is 0 Å². The van der Waals surface area contributed by atoms with Gasteiger partial charge in [-0.15, -0.1) is 10.2 Å². The lowest BCUT2D eigenvalue weighted by Gasteiger charge is -1.97. The normalized spacial score (nSPS) is 10.9. The molecule has 0 aliphatic heterocycles. The van der Waals surface area contributed by atoms with Crippen molar-refractivity contribution in [2.24, 2.45) is 0 Å². The molecule has 62 valence electrons. The van der Waals surface area contributed by atoms with E-state index in [1.807, 2.05) is 6.92 Å². The number of halogens is 2. The molecular weight excluding hydrogens is 243 g/mol. The van der Waals surface area contributed by atoms with Crippen molar-refractivity contribution in [3.8, 4) is 0 Å². The Labute approximate surface area is 81.7 Å². The summed E-state index contributed by atoms with van der Waals surface area (Å²) in [6.07, 6.45) is 1.55. The van der Waals surface area contributed by atoms with E-state index in [4.69, 9.17) is 11.6 Å². The van der Waals surface area contributed by atoms with Gasteiger partial charge in [0.2, 0.25) is 0 Å². The fourth-order valence-electron chi connectivity index (χ4n) is 0.977. The van der Waals surface area contributed by atoms with Crippen LogP contribution in [0.15, 0.2) is 10.8 Å². The fraction of sp³-hybridized carbons (Fsp3) is 0.167. The fourth-order valence-corrected chi connectivity index (χ4v) is 1.59. The third kappa shape index (κ3) is 1.01. The Bertz CT molecular complexity index is 438. The zero-order valence-corrected chi connectivity index (χ0v) is 8.46. The van der Waals surface area contributed by atoms with E-state index >= 15 is 0 Å². The Morgan fingerprint density at radius 3 is 2.92 bits per heavy atom. The topological polar surface area (TPSA) is 43.1 Å². The summed E-state index contributed by atoms with van der Waals surface area (Å²) in [7, 11) is 0. The van der Waals surface area contributed by atoms with Crippen LogP contribution in [-0.4, -0.2) is 19.6 Å². The van der Waals surface area contributed by atoms with Crippen molar-refractivity contribution in [2.45, 2.75) is 6.92 Å². The zero-order valence-electron chi connectivity index (χ0n) is 6.12. The predicted molar refractivity (Wildman–Crippen MR) is 48.2 cm³/mol. The van der Waals surface area contributed by atoms with Gasteiger partial charge in [0.25, 0.3) is 0 Å². The number of nitrogens with zero attached hydrogens (tertiary/aromatic N) is 4. The highest BCUT2D eigenvalue weighted by molar-refractivity contribution is 9.10. The van der Waals surface area contributed by atoms with Crippen LogP contribution in [0.2, 0.25) is 5.15 Å². The molecule has 0 atom stereocenters. The molecule has 0 aliphatic carbocycles. The molecule has 2 aromatic heterocycles. The van der Waals surface area contributed by atoms with Crippen molar-refractivity contribution in [1.82, 2.24) is 19.6 Å². The lowest BCUT2D eigenvalue weighted by atomic mass is 10.6. The van der Waals surface area contributed by atoms with Gasteiger partial charge < -0.3 is 0 Å². The lowest BCUT2D eigenvalue weighted by molar-refractivity contribution is 1.00. The number of fused-ring (bicyclic) bond motifs is 1. The van der Waals surface area contributed by atoms with Crippen molar-refractivity contribution in [1.29, 1.82) is 0 Å². The monoisotopic (exact) mass is 246 g/mol.